The largest absolute Gasteiger partial charge is 0.497 e. The van der Waals surface area contributed by atoms with Gasteiger partial charge < -0.3 is 15.4 Å². The van der Waals surface area contributed by atoms with Crippen LogP contribution < -0.4 is 15.4 Å². The molecular formula is C21H33N3O3. The van der Waals surface area contributed by atoms with Crippen molar-refractivity contribution in [1.82, 2.24) is 15.5 Å². The Morgan fingerprint density at radius 2 is 1.67 bits per heavy atom. The van der Waals surface area contributed by atoms with Gasteiger partial charge in [-0.3, -0.25) is 14.5 Å². The number of carbonyl (C=O) groups excluding carboxylic acids is 2. The van der Waals surface area contributed by atoms with E-state index in [2.05, 4.69) is 43.2 Å². The summed E-state index contributed by atoms with van der Waals surface area (Å²) in [6.45, 7) is 11.6. The summed E-state index contributed by atoms with van der Waals surface area (Å²) in [7, 11) is 1.61. The van der Waals surface area contributed by atoms with E-state index in [0.29, 0.717) is 18.6 Å². The molecule has 1 aromatic rings. The third kappa shape index (κ3) is 8.26. The van der Waals surface area contributed by atoms with E-state index in [1.165, 1.54) is 6.08 Å². The second-order valence-electron chi connectivity index (χ2n) is 7.05. The number of ether oxygens (including phenoxy) is 1. The molecule has 0 radical (unpaired) electrons. The Labute approximate surface area is 163 Å². The van der Waals surface area contributed by atoms with Gasteiger partial charge in [-0.05, 0) is 58.4 Å². The lowest BCUT2D eigenvalue weighted by atomic mass is 10.2. The summed E-state index contributed by atoms with van der Waals surface area (Å²) >= 11 is 0. The van der Waals surface area contributed by atoms with E-state index in [-0.39, 0.29) is 11.8 Å². The van der Waals surface area contributed by atoms with Crippen LogP contribution in [-0.4, -0.2) is 55.0 Å². The second kappa shape index (κ2) is 11.4. The van der Waals surface area contributed by atoms with Gasteiger partial charge in [-0.15, -0.1) is 0 Å². The van der Waals surface area contributed by atoms with Gasteiger partial charge in [0, 0.05) is 31.2 Å². The van der Waals surface area contributed by atoms with Crippen LogP contribution in [-0.2, 0) is 9.59 Å². The zero-order valence-corrected chi connectivity index (χ0v) is 17.3. The van der Waals surface area contributed by atoms with Crippen molar-refractivity contribution >= 4 is 17.9 Å². The van der Waals surface area contributed by atoms with Crippen LogP contribution in [0.2, 0.25) is 0 Å². The molecule has 0 saturated heterocycles. The maximum Gasteiger partial charge on any atom is 0.244 e. The highest BCUT2D eigenvalue weighted by atomic mass is 16.5. The lowest BCUT2D eigenvalue weighted by Gasteiger charge is -2.30. The van der Waals surface area contributed by atoms with E-state index in [4.69, 9.17) is 4.74 Å². The van der Waals surface area contributed by atoms with Gasteiger partial charge in [0.1, 0.15) is 11.8 Å². The van der Waals surface area contributed by atoms with Crippen molar-refractivity contribution in [3.8, 4) is 5.75 Å². The number of benzene rings is 1. The fraction of sp³-hybridized carbons (Fsp3) is 0.524. The zero-order valence-electron chi connectivity index (χ0n) is 17.3. The third-order valence-corrected chi connectivity index (χ3v) is 4.29. The van der Waals surface area contributed by atoms with Gasteiger partial charge in [0.2, 0.25) is 11.8 Å². The molecule has 0 fully saturated rings. The predicted molar refractivity (Wildman–Crippen MR) is 110 cm³/mol. The van der Waals surface area contributed by atoms with Crippen LogP contribution in [0.15, 0.2) is 30.3 Å². The molecular weight excluding hydrogens is 342 g/mol. The quantitative estimate of drug-likeness (QED) is 0.616. The highest BCUT2D eigenvalue weighted by Gasteiger charge is 2.16. The van der Waals surface area contributed by atoms with Crippen LogP contribution in [0.3, 0.4) is 0 Å². The molecule has 1 atom stereocenters. The molecule has 1 unspecified atom stereocenters. The summed E-state index contributed by atoms with van der Waals surface area (Å²) in [4.78, 5) is 26.5. The van der Waals surface area contributed by atoms with E-state index in [9.17, 15) is 9.59 Å². The van der Waals surface area contributed by atoms with Gasteiger partial charge in [0.15, 0.2) is 0 Å². The van der Waals surface area contributed by atoms with Gasteiger partial charge in [-0.25, -0.2) is 0 Å². The second-order valence-corrected chi connectivity index (χ2v) is 7.05. The van der Waals surface area contributed by atoms with E-state index in [1.807, 2.05) is 24.3 Å². The lowest BCUT2D eigenvalue weighted by molar-refractivity contribution is -0.126. The van der Waals surface area contributed by atoms with Gasteiger partial charge in [0.05, 0.1) is 7.11 Å². The minimum Gasteiger partial charge on any atom is -0.497 e. The summed E-state index contributed by atoms with van der Waals surface area (Å²) in [5.74, 6) is 0.267. The highest BCUT2D eigenvalue weighted by Crippen LogP contribution is 2.12. The molecule has 150 valence electrons. The molecule has 27 heavy (non-hydrogen) atoms. The Morgan fingerprint density at radius 3 is 2.19 bits per heavy atom. The van der Waals surface area contributed by atoms with Crippen LogP contribution in [0.1, 0.15) is 40.2 Å². The maximum absolute atomic E-state index is 12.2. The van der Waals surface area contributed by atoms with Crippen molar-refractivity contribution in [2.24, 2.45) is 0 Å². The molecule has 0 saturated carbocycles. The summed E-state index contributed by atoms with van der Waals surface area (Å²) in [6.07, 6.45) is 3.12. The summed E-state index contributed by atoms with van der Waals surface area (Å²) < 4.78 is 5.10. The number of hydrogen-bond donors (Lipinski definition) is 2. The van der Waals surface area contributed by atoms with Crippen LogP contribution in [0.5, 0.6) is 5.75 Å². The van der Waals surface area contributed by atoms with Crippen LogP contribution >= 0.6 is 0 Å². The smallest absolute Gasteiger partial charge is 0.244 e. The average Bonchev–Trinajstić information content (AvgIpc) is 2.62. The number of methoxy groups -OCH3 is 1. The molecule has 0 heterocycles. The topological polar surface area (TPSA) is 70.7 Å². The van der Waals surface area contributed by atoms with Gasteiger partial charge >= 0.3 is 0 Å². The molecule has 0 aromatic heterocycles. The minimum absolute atomic E-state index is 0.186. The molecule has 0 bridgehead atoms. The van der Waals surface area contributed by atoms with Crippen LogP contribution in [0.25, 0.3) is 6.08 Å². The molecule has 6 nitrogen and oxygen atoms in total. The number of carbonyl (C=O) groups is 2. The first-order valence-corrected chi connectivity index (χ1v) is 9.40. The molecule has 2 amide bonds. The summed E-state index contributed by atoms with van der Waals surface area (Å²) in [5, 5.41) is 5.56. The first-order chi connectivity index (χ1) is 12.7. The number of hydrogen-bond acceptors (Lipinski definition) is 4. The molecule has 2 N–H and O–H groups in total. The zero-order chi connectivity index (χ0) is 20.4. The predicted octanol–water partition coefficient (Wildman–Crippen LogP) is 2.45. The van der Waals surface area contributed by atoms with Gasteiger partial charge in [-0.2, -0.15) is 0 Å². The van der Waals surface area contributed by atoms with Crippen molar-refractivity contribution in [2.75, 3.05) is 20.2 Å². The Morgan fingerprint density at radius 1 is 1.07 bits per heavy atom. The Hall–Kier alpha value is -2.34. The van der Waals surface area contributed by atoms with Crippen molar-refractivity contribution < 1.29 is 14.3 Å². The Bertz CT molecular complexity index is 616. The number of rotatable bonds is 10. The van der Waals surface area contributed by atoms with Crippen LogP contribution in [0, 0.1) is 0 Å². The summed E-state index contributed by atoms with van der Waals surface area (Å²) in [5.41, 5.74) is 0.880. The van der Waals surface area contributed by atoms with Crippen molar-refractivity contribution in [3.63, 3.8) is 0 Å². The molecule has 1 aromatic carbocycles. The molecule has 0 aliphatic rings. The molecule has 1 rings (SSSR count). The van der Waals surface area contributed by atoms with Crippen molar-refractivity contribution in [2.45, 2.75) is 52.7 Å². The number of nitrogens with zero attached hydrogens (tertiary/aromatic N) is 1. The van der Waals surface area contributed by atoms with Crippen LogP contribution in [0.4, 0.5) is 0 Å². The SMILES string of the molecule is COc1ccc(/C=C/C(=O)NC(C)C(=O)NCCN(C(C)C)C(C)C)cc1. The normalized spacial score (nSPS) is 12.6. The van der Waals surface area contributed by atoms with E-state index in [0.717, 1.165) is 17.9 Å². The van der Waals surface area contributed by atoms with Crippen molar-refractivity contribution in [3.05, 3.63) is 35.9 Å². The monoisotopic (exact) mass is 375 g/mol. The highest BCUT2D eigenvalue weighted by molar-refractivity contribution is 5.95. The fourth-order valence-electron chi connectivity index (χ4n) is 2.79. The number of amides is 2. The van der Waals surface area contributed by atoms with E-state index < -0.39 is 6.04 Å². The average molecular weight is 376 g/mol. The molecule has 0 aliphatic carbocycles. The van der Waals surface area contributed by atoms with E-state index >= 15 is 0 Å². The molecule has 0 spiro atoms. The summed E-state index contributed by atoms with van der Waals surface area (Å²) in [6, 6.07) is 7.60. The van der Waals surface area contributed by atoms with Crippen molar-refractivity contribution in [1.29, 1.82) is 0 Å². The molecule has 6 heteroatoms. The lowest BCUT2D eigenvalue weighted by Crippen LogP contribution is -2.47. The maximum atomic E-state index is 12.2. The Balaban J connectivity index is 2.42. The molecule has 0 aliphatic heterocycles. The Kier molecular flexibility index (Phi) is 9.58. The number of nitrogens with one attached hydrogen (secondary N) is 2. The van der Waals surface area contributed by atoms with Gasteiger partial charge in [0.25, 0.3) is 0 Å². The first-order valence-electron chi connectivity index (χ1n) is 9.40. The van der Waals surface area contributed by atoms with E-state index in [1.54, 1.807) is 20.1 Å². The fourth-order valence-corrected chi connectivity index (χ4v) is 2.79. The third-order valence-electron chi connectivity index (χ3n) is 4.29. The minimum atomic E-state index is -0.593. The standard InChI is InChI=1S/C21H33N3O3/c1-15(2)24(16(3)4)14-13-22-21(26)17(5)23-20(25)12-9-18-7-10-19(27-6)11-8-18/h7-12,15-17H,13-14H2,1-6H3,(H,22,26)(H,23,25)/b12-9+. The first kappa shape index (κ1) is 22.7. The van der Waals surface area contributed by atoms with Gasteiger partial charge in [-0.1, -0.05) is 12.1 Å².